The number of carboxylic acids is 1. The van der Waals surface area contributed by atoms with Crippen LogP contribution in [0.4, 0.5) is 5.13 Å². The molecule has 194 valence electrons. The number of aliphatic hydroxyl groups excluding tert-OH is 1. The number of carbonyl (C=O) groups is 2. The van der Waals surface area contributed by atoms with Gasteiger partial charge in [0, 0.05) is 29.5 Å². The van der Waals surface area contributed by atoms with Crippen LogP contribution in [-0.2, 0) is 14.4 Å². The number of fused-ring (bicyclic) bond motifs is 5. The number of aromatic nitrogens is 1. The third-order valence-corrected chi connectivity index (χ3v) is 9.80. The molecule has 8 nitrogen and oxygen atoms in total. The summed E-state index contributed by atoms with van der Waals surface area (Å²) < 4.78 is 0. The van der Waals surface area contributed by atoms with E-state index in [1.165, 1.54) is 23.3 Å². The van der Waals surface area contributed by atoms with Crippen LogP contribution in [0.15, 0.2) is 34.8 Å². The summed E-state index contributed by atoms with van der Waals surface area (Å²) in [6.07, 6.45) is 13.2. The van der Waals surface area contributed by atoms with E-state index in [0.717, 1.165) is 43.4 Å². The maximum absolute atomic E-state index is 12.7. The molecular formula is C27H35N3O5S. The Balaban J connectivity index is 1.31. The van der Waals surface area contributed by atoms with Crippen molar-refractivity contribution < 1.29 is 24.6 Å². The molecule has 1 aromatic heterocycles. The van der Waals surface area contributed by atoms with E-state index in [4.69, 9.17) is 9.94 Å². The highest BCUT2D eigenvalue weighted by atomic mass is 32.1. The lowest BCUT2D eigenvalue weighted by atomic mass is 9.51. The summed E-state index contributed by atoms with van der Waals surface area (Å²) in [6, 6.07) is 0. The quantitative estimate of drug-likeness (QED) is 0.415. The Bertz CT molecular complexity index is 1120. The maximum atomic E-state index is 12.7. The summed E-state index contributed by atoms with van der Waals surface area (Å²) in [5, 5.41) is 27.0. The maximum Gasteiger partial charge on any atom is 0.344 e. The second kappa shape index (κ2) is 10.00. The fourth-order valence-corrected chi connectivity index (χ4v) is 8.34. The third kappa shape index (κ3) is 4.94. The summed E-state index contributed by atoms with van der Waals surface area (Å²) in [6.45, 7) is 3.92. The molecule has 5 rings (SSSR count). The molecule has 4 aliphatic rings. The van der Waals surface area contributed by atoms with Crippen molar-refractivity contribution in [2.75, 3.05) is 11.9 Å². The highest BCUT2D eigenvalue weighted by Gasteiger charge is 2.56. The Kier molecular flexibility index (Phi) is 6.94. The lowest BCUT2D eigenvalue weighted by Gasteiger charge is -2.53. The van der Waals surface area contributed by atoms with E-state index in [-0.39, 0.29) is 17.6 Å². The van der Waals surface area contributed by atoms with Crippen molar-refractivity contribution in [1.82, 2.24) is 4.98 Å². The first-order valence-corrected chi connectivity index (χ1v) is 13.8. The molecule has 1 heterocycles. The van der Waals surface area contributed by atoms with Crippen molar-refractivity contribution >= 4 is 34.1 Å². The zero-order chi connectivity index (χ0) is 25.4. The Labute approximate surface area is 215 Å². The Morgan fingerprint density at radius 1 is 1.25 bits per heavy atom. The van der Waals surface area contributed by atoms with E-state index in [9.17, 15) is 14.7 Å². The fraction of sp³-hybridized carbons (Fsp3) is 0.630. The topological polar surface area (TPSA) is 121 Å². The number of aryl methyl sites for hydroxylation is 1. The van der Waals surface area contributed by atoms with Gasteiger partial charge in [-0.15, -0.1) is 11.3 Å². The van der Waals surface area contributed by atoms with Gasteiger partial charge in [0.2, 0.25) is 12.5 Å². The SMILES string of the molecule is Cc1cnc(NC(=O)CC[C@H]2CC[C@@]3(C)CCC4C5C(=CC(O)=CC5=NOCC(=O)O)CCC4C23)s1. The minimum absolute atomic E-state index is 0.0390. The van der Waals surface area contributed by atoms with Gasteiger partial charge < -0.3 is 20.4 Å². The number of anilines is 1. The molecule has 0 bridgehead atoms. The van der Waals surface area contributed by atoms with Gasteiger partial charge in [-0.1, -0.05) is 17.7 Å². The minimum atomic E-state index is -1.07. The van der Waals surface area contributed by atoms with Crippen LogP contribution >= 0.6 is 11.3 Å². The molecule has 0 aliphatic heterocycles. The van der Waals surface area contributed by atoms with Crippen LogP contribution < -0.4 is 5.32 Å². The first-order chi connectivity index (χ1) is 17.2. The summed E-state index contributed by atoms with van der Waals surface area (Å²) in [5.74, 6) is 1.12. The summed E-state index contributed by atoms with van der Waals surface area (Å²) in [5.41, 5.74) is 2.10. The highest BCUT2D eigenvalue weighted by Crippen LogP contribution is 2.63. The molecule has 4 unspecified atom stereocenters. The molecule has 1 amide bonds. The van der Waals surface area contributed by atoms with Crippen LogP contribution in [0.1, 0.15) is 63.2 Å². The number of hydrogen-bond acceptors (Lipinski definition) is 7. The number of carboxylic acid groups (broad SMARTS) is 1. The second-order valence-corrected chi connectivity index (χ2v) is 12.4. The van der Waals surface area contributed by atoms with Gasteiger partial charge in [0.05, 0.1) is 5.71 Å². The van der Waals surface area contributed by atoms with Crippen LogP contribution in [0.25, 0.3) is 0 Å². The van der Waals surface area contributed by atoms with Gasteiger partial charge in [0.25, 0.3) is 0 Å². The van der Waals surface area contributed by atoms with E-state index in [1.807, 2.05) is 13.0 Å². The molecule has 3 N–H and O–H groups in total. The standard InChI is InChI=1S/C27H35N3O5S/c1-15-13-28-26(36-15)29-22(32)6-4-16-7-9-27(2)10-8-19-20(25(16)27)5-3-17-11-18(31)12-21(24(17)19)30-35-14-23(33)34/h11-13,16,19-20,24-25,31H,3-10,14H2,1-2H3,(H,33,34)(H,28,29,32)/t16-,19?,20?,24?,25?,27-/m0/s1. The van der Waals surface area contributed by atoms with Gasteiger partial charge in [0.1, 0.15) is 5.76 Å². The molecular weight excluding hydrogens is 478 g/mol. The molecule has 0 spiro atoms. The van der Waals surface area contributed by atoms with Crippen LogP contribution in [-0.4, -0.2) is 39.4 Å². The monoisotopic (exact) mass is 513 g/mol. The Morgan fingerprint density at radius 3 is 2.81 bits per heavy atom. The predicted molar refractivity (Wildman–Crippen MR) is 138 cm³/mol. The van der Waals surface area contributed by atoms with E-state index in [0.29, 0.717) is 46.4 Å². The lowest BCUT2D eigenvalue weighted by molar-refractivity contribution is -0.142. The number of oxime groups is 1. The van der Waals surface area contributed by atoms with Gasteiger partial charge in [0.15, 0.2) is 5.13 Å². The number of aliphatic carboxylic acids is 1. The van der Waals surface area contributed by atoms with Crippen LogP contribution in [0.5, 0.6) is 0 Å². The van der Waals surface area contributed by atoms with Gasteiger partial charge in [-0.05, 0) is 87.0 Å². The number of allylic oxidation sites excluding steroid dienone is 3. The average Bonchev–Trinajstić information content (AvgIpc) is 3.39. The molecule has 0 aromatic carbocycles. The zero-order valence-corrected chi connectivity index (χ0v) is 21.7. The number of aliphatic hydroxyl groups is 1. The molecule has 9 heteroatoms. The van der Waals surface area contributed by atoms with Crippen LogP contribution in [0.3, 0.4) is 0 Å². The highest BCUT2D eigenvalue weighted by molar-refractivity contribution is 7.15. The van der Waals surface area contributed by atoms with Crippen molar-refractivity contribution in [2.45, 2.75) is 65.2 Å². The van der Waals surface area contributed by atoms with E-state index < -0.39 is 12.6 Å². The number of carbonyl (C=O) groups excluding carboxylic acids is 1. The molecule has 1 aromatic rings. The molecule has 36 heavy (non-hydrogen) atoms. The number of rotatable bonds is 7. The van der Waals surface area contributed by atoms with Crippen molar-refractivity contribution in [1.29, 1.82) is 0 Å². The first kappa shape index (κ1) is 25.0. The number of hydrogen-bond donors (Lipinski definition) is 3. The van der Waals surface area contributed by atoms with Crippen molar-refractivity contribution in [2.24, 2.45) is 40.2 Å². The normalized spacial score (nSPS) is 34.2. The Morgan fingerprint density at radius 2 is 2.06 bits per heavy atom. The predicted octanol–water partition coefficient (Wildman–Crippen LogP) is 5.48. The molecule has 0 radical (unpaired) electrons. The molecule has 0 saturated heterocycles. The van der Waals surface area contributed by atoms with Gasteiger partial charge in [-0.3, -0.25) is 4.79 Å². The third-order valence-electron chi connectivity index (χ3n) is 8.97. The molecule has 3 fully saturated rings. The summed E-state index contributed by atoms with van der Waals surface area (Å²) >= 11 is 1.50. The smallest absolute Gasteiger partial charge is 0.344 e. The van der Waals surface area contributed by atoms with Crippen LogP contribution in [0, 0.1) is 41.9 Å². The lowest BCUT2D eigenvalue weighted by Crippen LogP contribution is -2.48. The molecule has 4 aliphatic carbocycles. The van der Waals surface area contributed by atoms with Gasteiger partial charge in [-0.2, -0.15) is 0 Å². The van der Waals surface area contributed by atoms with E-state index >= 15 is 0 Å². The first-order valence-electron chi connectivity index (χ1n) is 13.0. The number of nitrogens with one attached hydrogen (secondary N) is 1. The number of thiazole rings is 1. The van der Waals surface area contributed by atoms with Crippen molar-refractivity contribution in [3.05, 3.63) is 34.6 Å². The van der Waals surface area contributed by atoms with Crippen molar-refractivity contribution in [3.63, 3.8) is 0 Å². The second-order valence-electron chi connectivity index (χ2n) is 11.2. The summed E-state index contributed by atoms with van der Waals surface area (Å²) in [4.78, 5) is 34.0. The van der Waals surface area contributed by atoms with E-state index in [2.05, 4.69) is 22.4 Å². The molecule has 3 saturated carbocycles. The van der Waals surface area contributed by atoms with E-state index in [1.54, 1.807) is 12.3 Å². The minimum Gasteiger partial charge on any atom is -0.508 e. The Hall–Kier alpha value is -2.68. The zero-order valence-electron chi connectivity index (χ0n) is 20.9. The number of amides is 1. The molecule has 6 atom stereocenters. The van der Waals surface area contributed by atoms with Crippen molar-refractivity contribution in [3.8, 4) is 0 Å². The average molecular weight is 514 g/mol. The summed E-state index contributed by atoms with van der Waals surface area (Å²) in [7, 11) is 0. The number of nitrogens with zero attached hydrogens (tertiary/aromatic N) is 2. The largest absolute Gasteiger partial charge is 0.508 e. The fourth-order valence-electron chi connectivity index (χ4n) is 7.66. The van der Waals surface area contributed by atoms with Gasteiger partial charge >= 0.3 is 5.97 Å². The van der Waals surface area contributed by atoms with Crippen LogP contribution in [0.2, 0.25) is 0 Å². The van der Waals surface area contributed by atoms with Gasteiger partial charge in [-0.25, -0.2) is 9.78 Å².